The second-order valence-corrected chi connectivity index (χ2v) is 9.67. The van der Waals surface area contributed by atoms with Crippen molar-refractivity contribution in [1.29, 1.82) is 0 Å². The number of nitro benzene ring substituents is 1. The molecule has 0 aliphatic carbocycles. The van der Waals surface area contributed by atoms with Gasteiger partial charge in [-0.1, -0.05) is 48.2 Å². The first-order valence-electron chi connectivity index (χ1n) is 11.7. The van der Waals surface area contributed by atoms with Crippen LogP contribution in [0.3, 0.4) is 0 Å². The van der Waals surface area contributed by atoms with Crippen LogP contribution in [0.2, 0.25) is 0 Å². The number of thioether (sulfide) groups is 1. The predicted molar refractivity (Wildman–Crippen MR) is 143 cm³/mol. The van der Waals surface area contributed by atoms with Crippen LogP contribution in [0.15, 0.2) is 89.2 Å². The van der Waals surface area contributed by atoms with E-state index in [1.54, 1.807) is 41.9 Å². The molecule has 0 saturated carbocycles. The number of nitro groups is 1. The van der Waals surface area contributed by atoms with Gasteiger partial charge in [0.05, 0.1) is 10.5 Å². The summed E-state index contributed by atoms with van der Waals surface area (Å²) in [4.78, 5) is 28.9. The molecule has 11 heteroatoms. The lowest BCUT2D eigenvalue weighted by molar-refractivity contribution is -0.384. The third-order valence-corrected chi connectivity index (χ3v) is 7.09. The number of allylic oxidation sites excluding steroid dienone is 1. The predicted octanol–water partition coefficient (Wildman–Crippen LogP) is 5.85. The molecule has 0 saturated heterocycles. The van der Waals surface area contributed by atoms with Crippen molar-refractivity contribution in [2.45, 2.75) is 30.8 Å². The maximum atomic E-state index is 14.1. The van der Waals surface area contributed by atoms with E-state index in [0.29, 0.717) is 44.9 Å². The molecule has 1 aromatic heterocycles. The molecule has 5 rings (SSSR count). The number of para-hydroxylation sites is 1. The number of benzene rings is 3. The zero-order chi connectivity index (χ0) is 26.8. The molecule has 1 unspecified atom stereocenters. The van der Waals surface area contributed by atoms with Crippen LogP contribution in [0, 0.1) is 22.9 Å². The Morgan fingerprint density at radius 3 is 2.53 bits per heavy atom. The van der Waals surface area contributed by atoms with E-state index < -0.39 is 11.0 Å². The van der Waals surface area contributed by atoms with Crippen molar-refractivity contribution in [1.82, 2.24) is 14.8 Å². The molecule has 3 aromatic carbocycles. The van der Waals surface area contributed by atoms with Crippen LogP contribution in [-0.4, -0.2) is 25.6 Å². The van der Waals surface area contributed by atoms with Gasteiger partial charge in [0.1, 0.15) is 11.9 Å². The Hall–Kier alpha value is -4.51. The average molecular weight is 531 g/mol. The zero-order valence-electron chi connectivity index (χ0n) is 20.5. The Balaban J connectivity index is 1.52. The number of aryl methyl sites for hydroxylation is 1. The summed E-state index contributed by atoms with van der Waals surface area (Å²) in [5.74, 6) is 0.0907. The monoisotopic (exact) mass is 530 g/mol. The Morgan fingerprint density at radius 2 is 1.82 bits per heavy atom. The van der Waals surface area contributed by atoms with Crippen LogP contribution in [-0.2, 0) is 10.5 Å². The molecule has 9 nitrogen and oxygen atoms in total. The Kier molecular flexibility index (Phi) is 6.93. The normalized spacial score (nSPS) is 14.6. The first kappa shape index (κ1) is 25.2. The van der Waals surface area contributed by atoms with Crippen LogP contribution in [0.1, 0.15) is 29.7 Å². The van der Waals surface area contributed by atoms with E-state index in [9.17, 15) is 19.3 Å². The second-order valence-electron chi connectivity index (χ2n) is 8.73. The topological polar surface area (TPSA) is 115 Å². The van der Waals surface area contributed by atoms with Gasteiger partial charge in [0, 0.05) is 29.3 Å². The van der Waals surface area contributed by atoms with Crippen LogP contribution >= 0.6 is 11.8 Å². The van der Waals surface area contributed by atoms with Crippen LogP contribution < -0.4 is 10.6 Å². The van der Waals surface area contributed by atoms with Crippen molar-refractivity contribution in [3.8, 4) is 0 Å². The van der Waals surface area contributed by atoms with Crippen molar-refractivity contribution in [3.05, 3.63) is 117 Å². The highest BCUT2D eigenvalue weighted by atomic mass is 32.2. The average Bonchev–Trinajstić information content (AvgIpc) is 3.31. The molecule has 1 atom stereocenters. The molecule has 0 fully saturated rings. The van der Waals surface area contributed by atoms with E-state index in [4.69, 9.17) is 0 Å². The first-order chi connectivity index (χ1) is 18.3. The molecule has 1 aliphatic rings. The van der Waals surface area contributed by atoms with Crippen molar-refractivity contribution in [3.63, 3.8) is 0 Å². The lowest BCUT2D eigenvalue weighted by atomic mass is 9.94. The molecule has 0 spiro atoms. The Bertz CT molecular complexity index is 1570. The fraction of sp³-hybridized carbons (Fsp3) is 0.148. The number of fused-ring (bicyclic) bond motifs is 1. The van der Waals surface area contributed by atoms with Crippen molar-refractivity contribution >= 4 is 35.0 Å². The van der Waals surface area contributed by atoms with Gasteiger partial charge in [0.25, 0.3) is 11.6 Å². The maximum Gasteiger partial charge on any atom is 0.269 e. The van der Waals surface area contributed by atoms with E-state index in [1.807, 2.05) is 31.2 Å². The van der Waals surface area contributed by atoms with Crippen molar-refractivity contribution in [2.75, 3.05) is 10.6 Å². The van der Waals surface area contributed by atoms with Crippen LogP contribution in [0.4, 0.5) is 21.7 Å². The molecule has 1 amide bonds. The SMILES string of the molecule is CC1=C(C(=O)Nc2ccccc2C)C(c2ccc([N+](=O)[O-])cc2)n2nc(SCc3ccccc3F)nc2N1. The number of aromatic nitrogens is 3. The van der Waals surface area contributed by atoms with E-state index >= 15 is 0 Å². The summed E-state index contributed by atoms with van der Waals surface area (Å²) >= 11 is 1.27. The minimum atomic E-state index is -0.702. The summed E-state index contributed by atoms with van der Waals surface area (Å²) in [6.45, 7) is 3.67. The largest absolute Gasteiger partial charge is 0.328 e. The summed E-state index contributed by atoms with van der Waals surface area (Å²) in [6, 6.07) is 19.3. The summed E-state index contributed by atoms with van der Waals surface area (Å²) in [6.07, 6.45) is 0. The molecule has 0 bridgehead atoms. The fourth-order valence-corrected chi connectivity index (χ4v) is 5.05. The van der Waals surface area contributed by atoms with Crippen molar-refractivity contribution < 1.29 is 14.1 Å². The van der Waals surface area contributed by atoms with Crippen molar-refractivity contribution in [2.24, 2.45) is 0 Å². The molecule has 2 N–H and O–H groups in total. The number of hydrogen-bond donors (Lipinski definition) is 2. The lowest BCUT2D eigenvalue weighted by Crippen LogP contribution is -2.31. The highest BCUT2D eigenvalue weighted by Crippen LogP contribution is 2.37. The number of non-ortho nitro benzene ring substituents is 1. The number of nitrogens with zero attached hydrogens (tertiary/aromatic N) is 4. The number of hydrogen-bond acceptors (Lipinski definition) is 7. The molecular formula is C27H23FN6O3S. The van der Waals surface area contributed by atoms with E-state index in [-0.39, 0.29) is 17.4 Å². The smallest absolute Gasteiger partial charge is 0.269 e. The molecule has 2 heterocycles. The first-order valence-corrected chi connectivity index (χ1v) is 12.7. The van der Waals surface area contributed by atoms with Gasteiger partial charge in [-0.15, -0.1) is 5.10 Å². The number of amides is 1. The fourth-order valence-electron chi connectivity index (χ4n) is 4.23. The van der Waals surface area contributed by atoms with Gasteiger partial charge in [-0.25, -0.2) is 9.07 Å². The van der Waals surface area contributed by atoms with Gasteiger partial charge in [0.15, 0.2) is 0 Å². The molecule has 192 valence electrons. The van der Waals surface area contributed by atoms with E-state index in [2.05, 4.69) is 20.7 Å². The third kappa shape index (κ3) is 5.00. The summed E-state index contributed by atoms with van der Waals surface area (Å²) in [5.41, 5.74) is 3.64. The molecule has 4 aromatic rings. The molecular weight excluding hydrogens is 507 g/mol. The van der Waals surface area contributed by atoms with Crippen LogP contribution in [0.25, 0.3) is 0 Å². The minimum Gasteiger partial charge on any atom is -0.328 e. The van der Waals surface area contributed by atoms with Gasteiger partial charge in [-0.05, 0) is 54.8 Å². The van der Waals surface area contributed by atoms with Gasteiger partial charge < -0.3 is 10.6 Å². The number of carbonyl (C=O) groups is 1. The zero-order valence-corrected chi connectivity index (χ0v) is 21.3. The second kappa shape index (κ2) is 10.5. The van der Waals surface area contributed by atoms with E-state index in [1.165, 1.54) is 30.0 Å². The van der Waals surface area contributed by atoms with Gasteiger partial charge in [-0.2, -0.15) is 4.98 Å². The highest BCUT2D eigenvalue weighted by molar-refractivity contribution is 7.98. The number of anilines is 2. The minimum absolute atomic E-state index is 0.0609. The van der Waals surface area contributed by atoms with Gasteiger partial charge in [-0.3, -0.25) is 14.9 Å². The summed E-state index contributed by atoms with van der Waals surface area (Å²) < 4.78 is 15.7. The maximum absolute atomic E-state index is 14.1. The standard InChI is InChI=1S/C27H23FN6O3S/c1-16-7-3-6-10-22(16)30-25(35)23-17(2)29-26-31-27(38-15-19-8-4-5-9-21(19)28)32-33(26)24(23)18-11-13-20(14-12-18)34(36)37/h3-14,24H,15H2,1-2H3,(H,30,35)(H,29,31,32). The summed E-state index contributed by atoms with van der Waals surface area (Å²) in [7, 11) is 0. The number of carbonyl (C=O) groups excluding carboxylic acids is 1. The number of rotatable bonds is 7. The molecule has 38 heavy (non-hydrogen) atoms. The number of halogens is 1. The van der Waals surface area contributed by atoms with Gasteiger partial charge >= 0.3 is 0 Å². The summed E-state index contributed by atoms with van der Waals surface area (Å²) in [5, 5.41) is 22.4. The third-order valence-electron chi connectivity index (χ3n) is 6.21. The van der Waals surface area contributed by atoms with Gasteiger partial charge in [0.2, 0.25) is 11.1 Å². The van der Waals surface area contributed by atoms with Crippen LogP contribution in [0.5, 0.6) is 0 Å². The molecule has 1 aliphatic heterocycles. The Labute approximate surface area is 221 Å². The number of nitrogens with one attached hydrogen (secondary N) is 2. The Morgan fingerprint density at radius 1 is 1.11 bits per heavy atom. The quantitative estimate of drug-likeness (QED) is 0.175. The lowest BCUT2D eigenvalue weighted by Gasteiger charge is -2.28. The van der Waals surface area contributed by atoms with E-state index in [0.717, 1.165) is 5.56 Å². The highest BCUT2D eigenvalue weighted by Gasteiger charge is 2.34. The molecule has 0 radical (unpaired) electrons.